The fourth-order valence-electron chi connectivity index (χ4n) is 5.47. The second kappa shape index (κ2) is 13.2. The maximum Gasteiger partial charge on any atom is 0.319 e. The van der Waals surface area contributed by atoms with E-state index in [1.807, 2.05) is 61.5 Å². The van der Waals surface area contributed by atoms with Gasteiger partial charge in [0, 0.05) is 42.8 Å². The molecule has 0 radical (unpaired) electrons. The van der Waals surface area contributed by atoms with Gasteiger partial charge in [-0.25, -0.2) is 4.79 Å². The van der Waals surface area contributed by atoms with Crippen molar-refractivity contribution >= 4 is 11.7 Å². The van der Waals surface area contributed by atoms with Crippen LogP contribution in [0.1, 0.15) is 68.6 Å². The first kappa shape index (κ1) is 27.3. The number of amides is 2. The average molecular weight is 508 g/mol. The summed E-state index contributed by atoms with van der Waals surface area (Å²) in [5.74, 6) is 0.113. The number of carbonyl (C=O) groups is 1. The molecule has 0 unspecified atom stereocenters. The summed E-state index contributed by atoms with van der Waals surface area (Å²) in [6.07, 6.45) is 6.16. The predicted octanol–water partition coefficient (Wildman–Crippen LogP) is 5.54. The van der Waals surface area contributed by atoms with E-state index in [-0.39, 0.29) is 30.8 Å². The fraction of sp³-hybridized carbons (Fsp3) is 0.500. The van der Waals surface area contributed by atoms with Gasteiger partial charge in [-0.1, -0.05) is 62.2 Å². The molecule has 1 aliphatic carbocycles. The molecule has 7 heteroatoms. The maximum atomic E-state index is 12.1. The number of nitrogens with one attached hydrogen (secondary N) is 2. The molecule has 1 saturated heterocycles. The Morgan fingerprint density at radius 3 is 2.57 bits per heavy atom. The van der Waals surface area contributed by atoms with Crippen molar-refractivity contribution in [2.45, 2.75) is 70.7 Å². The Kier molecular flexibility index (Phi) is 9.75. The van der Waals surface area contributed by atoms with E-state index in [9.17, 15) is 9.90 Å². The van der Waals surface area contributed by atoms with Gasteiger partial charge < -0.3 is 25.2 Å². The number of aliphatic hydroxyl groups is 1. The summed E-state index contributed by atoms with van der Waals surface area (Å²) in [6.45, 7) is 10.3. The molecule has 2 aliphatic rings. The van der Waals surface area contributed by atoms with Crippen molar-refractivity contribution in [3.63, 3.8) is 0 Å². The number of benzene rings is 2. The lowest BCUT2D eigenvalue weighted by molar-refractivity contribution is -0.276. The lowest BCUT2D eigenvalue weighted by atomic mass is 9.89. The molecular formula is C30H41N3O4. The maximum absolute atomic E-state index is 12.1. The summed E-state index contributed by atoms with van der Waals surface area (Å²) < 4.78 is 13.3. The van der Waals surface area contributed by atoms with Crippen LogP contribution in [0.3, 0.4) is 0 Å². The minimum Gasteiger partial charge on any atom is -0.392 e. The van der Waals surface area contributed by atoms with Gasteiger partial charge in [0.15, 0.2) is 6.29 Å². The number of rotatable bonds is 10. The SMILES string of the molecule is C=CCN(C[C@@H]1O[C@H](c2cccc(NC(=O)NCC)c2)O[C@H](c2ccc(CO)cc2)[C@@H]1C)C1CCCC1. The molecular weight excluding hydrogens is 466 g/mol. The number of ether oxygens (including phenoxy) is 2. The standard InChI is InChI=1S/C30H41N3O4/c1-4-17-33(26-11-6-7-12-26)19-27-21(3)28(23-15-13-22(20-34)14-16-23)37-29(36-27)24-9-8-10-25(18-24)32-30(35)31-5-2/h4,8-10,13-16,18,21,26-29,34H,1,5-7,11-12,17,19-20H2,2-3H3,(H2,31,32,35)/t21-,27+,28+,29+/m1/s1. The van der Waals surface area contributed by atoms with Gasteiger partial charge >= 0.3 is 6.03 Å². The summed E-state index contributed by atoms with van der Waals surface area (Å²) in [5.41, 5.74) is 3.49. The van der Waals surface area contributed by atoms with E-state index in [0.717, 1.165) is 29.8 Å². The van der Waals surface area contributed by atoms with Crippen molar-refractivity contribution in [1.29, 1.82) is 0 Å². The van der Waals surface area contributed by atoms with Crippen LogP contribution in [0.5, 0.6) is 0 Å². The molecule has 4 rings (SSSR count). The minimum absolute atomic E-state index is 0.0129. The van der Waals surface area contributed by atoms with Crippen LogP contribution >= 0.6 is 0 Å². The molecule has 7 nitrogen and oxygen atoms in total. The van der Waals surface area contributed by atoms with Crippen molar-refractivity contribution < 1.29 is 19.4 Å². The van der Waals surface area contributed by atoms with Crippen LogP contribution in [-0.2, 0) is 16.1 Å². The van der Waals surface area contributed by atoms with E-state index in [2.05, 4.69) is 29.0 Å². The molecule has 1 heterocycles. The second-order valence-electron chi connectivity index (χ2n) is 10.1. The first-order valence-corrected chi connectivity index (χ1v) is 13.5. The molecule has 0 spiro atoms. The molecule has 1 aliphatic heterocycles. The van der Waals surface area contributed by atoms with Gasteiger partial charge in [-0.3, -0.25) is 4.90 Å². The Hall–Kier alpha value is -2.71. The lowest BCUT2D eigenvalue weighted by Crippen LogP contribution is -2.47. The van der Waals surface area contributed by atoms with E-state index in [1.54, 1.807) is 0 Å². The van der Waals surface area contributed by atoms with E-state index in [1.165, 1.54) is 25.7 Å². The quantitative estimate of drug-likeness (QED) is 0.368. The normalized spacial score (nSPS) is 24.2. The van der Waals surface area contributed by atoms with Crippen LogP contribution in [0, 0.1) is 5.92 Å². The third kappa shape index (κ3) is 6.99. The molecule has 3 N–H and O–H groups in total. The molecule has 1 saturated carbocycles. The number of anilines is 1. The number of hydrogen-bond donors (Lipinski definition) is 3. The minimum atomic E-state index is -0.575. The highest BCUT2D eigenvalue weighted by molar-refractivity contribution is 5.89. The molecule has 0 bridgehead atoms. The van der Waals surface area contributed by atoms with Gasteiger partial charge in [-0.05, 0) is 43.0 Å². The summed E-state index contributed by atoms with van der Waals surface area (Å²) in [6, 6.07) is 16.0. The molecule has 2 aromatic rings. The van der Waals surface area contributed by atoms with Gasteiger partial charge in [-0.15, -0.1) is 6.58 Å². The Bertz CT molecular complexity index is 1020. The van der Waals surface area contributed by atoms with E-state index in [4.69, 9.17) is 9.47 Å². The Balaban J connectivity index is 1.60. The molecule has 0 aromatic heterocycles. The number of nitrogens with zero attached hydrogens (tertiary/aromatic N) is 1. The molecule has 2 aromatic carbocycles. The summed E-state index contributed by atoms with van der Waals surface area (Å²) in [7, 11) is 0. The van der Waals surface area contributed by atoms with Gasteiger partial charge in [0.25, 0.3) is 0 Å². The summed E-state index contributed by atoms with van der Waals surface area (Å²) in [5, 5.41) is 15.1. The van der Waals surface area contributed by atoms with Crippen LogP contribution in [-0.4, -0.2) is 47.8 Å². The Morgan fingerprint density at radius 2 is 1.89 bits per heavy atom. The molecule has 37 heavy (non-hydrogen) atoms. The summed E-state index contributed by atoms with van der Waals surface area (Å²) >= 11 is 0. The Morgan fingerprint density at radius 1 is 1.14 bits per heavy atom. The van der Waals surface area contributed by atoms with Gasteiger partial charge in [0.2, 0.25) is 0 Å². The second-order valence-corrected chi connectivity index (χ2v) is 10.1. The van der Waals surface area contributed by atoms with Crippen molar-refractivity contribution in [1.82, 2.24) is 10.2 Å². The zero-order valence-electron chi connectivity index (χ0n) is 22.1. The van der Waals surface area contributed by atoms with Crippen LogP contribution in [0.2, 0.25) is 0 Å². The van der Waals surface area contributed by atoms with Crippen LogP contribution < -0.4 is 10.6 Å². The number of carbonyl (C=O) groups excluding carboxylic acids is 1. The van der Waals surface area contributed by atoms with Crippen LogP contribution in [0.4, 0.5) is 10.5 Å². The van der Waals surface area contributed by atoms with E-state index < -0.39 is 6.29 Å². The third-order valence-corrected chi connectivity index (χ3v) is 7.50. The summed E-state index contributed by atoms with van der Waals surface area (Å²) in [4.78, 5) is 14.6. The molecule has 200 valence electrons. The number of aliphatic hydroxyl groups excluding tert-OH is 1. The molecule has 2 fully saturated rings. The highest BCUT2D eigenvalue weighted by atomic mass is 16.7. The van der Waals surface area contributed by atoms with Crippen molar-refractivity contribution in [3.05, 3.63) is 77.9 Å². The van der Waals surface area contributed by atoms with Gasteiger partial charge in [-0.2, -0.15) is 0 Å². The largest absolute Gasteiger partial charge is 0.392 e. The van der Waals surface area contributed by atoms with Gasteiger partial charge in [0.1, 0.15) is 0 Å². The predicted molar refractivity (Wildman–Crippen MR) is 146 cm³/mol. The smallest absolute Gasteiger partial charge is 0.319 e. The van der Waals surface area contributed by atoms with Crippen LogP contribution in [0.15, 0.2) is 61.2 Å². The van der Waals surface area contributed by atoms with E-state index >= 15 is 0 Å². The third-order valence-electron chi connectivity index (χ3n) is 7.50. The van der Waals surface area contributed by atoms with E-state index in [0.29, 0.717) is 18.3 Å². The van der Waals surface area contributed by atoms with Crippen molar-refractivity contribution in [2.75, 3.05) is 25.0 Å². The van der Waals surface area contributed by atoms with Crippen molar-refractivity contribution in [2.24, 2.45) is 5.92 Å². The molecule has 4 atom stereocenters. The highest BCUT2D eigenvalue weighted by Gasteiger charge is 2.40. The lowest BCUT2D eigenvalue weighted by Gasteiger charge is -2.43. The fourth-order valence-corrected chi connectivity index (χ4v) is 5.47. The van der Waals surface area contributed by atoms with Crippen molar-refractivity contribution in [3.8, 4) is 0 Å². The Labute approximate surface area is 220 Å². The highest BCUT2D eigenvalue weighted by Crippen LogP contribution is 2.42. The average Bonchev–Trinajstić information content (AvgIpc) is 3.45. The number of hydrogen-bond acceptors (Lipinski definition) is 5. The zero-order chi connectivity index (χ0) is 26.2. The number of urea groups is 1. The monoisotopic (exact) mass is 507 g/mol. The topological polar surface area (TPSA) is 83.1 Å². The first-order valence-electron chi connectivity index (χ1n) is 13.5. The first-order chi connectivity index (χ1) is 18.0. The zero-order valence-corrected chi connectivity index (χ0v) is 22.1. The van der Waals surface area contributed by atoms with Crippen LogP contribution in [0.25, 0.3) is 0 Å². The molecule has 2 amide bonds. The van der Waals surface area contributed by atoms with Gasteiger partial charge in [0.05, 0.1) is 18.8 Å².